The molecule has 0 saturated carbocycles. The lowest BCUT2D eigenvalue weighted by atomic mass is 10.1. The number of anilines is 1. The Morgan fingerprint density at radius 2 is 2.05 bits per heavy atom. The summed E-state index contributed by atoms with van der Waals surface area (Å²) in [5.74, 6) is -0.871. The van der Waals surface area contributed by atoms with Crippen LogP contribution < -0.4 is 5.32 Å². The van der Waals surface area contributed by atoms with Gasteiger partial charge in [0, 0.05) is 18.8 Å². The molecule has 0 saturated heterocycles. The third kappa shape index (κ3) is 4.91. The number of nitrogens with zero attached hydrogens (tertiary/aromatic N) is 1. The van der Waals surface area contributed by atoms with Crippen molar-refractivity contribution in [3.05, 3.63) is 29.3 Å². The molecule has 0 aromatic heterocycles. The van der Waals surface area contributed by atoms with Crippen LogP contribution in [-0.2, 0) is 0 Å². The van der Waals surface area contributed by atoms with Crippen LogP contribution >= 0.6 is 0 Å². The smallest absolute Gasteiger partial charge is 0.335 e. The first-order valence-corrected chi connectivity index (χ1v) is 6.88. The average Bonchev–Trinajstić information content (AvgIpc) is 2.37. The van der Waals surface area contributed by atoms with Crippen molar-refractivity contribution in [1.29, 1.82) is 0 Å². The molecule has 0 radical (unpaired) electrons. The van der Waals surface area contributed by atoms with E-state index >= 15 is 0 Å². The molecule has 19 heavy (non-hydrogen) atoms. The molecule has 0 heterocycles. The van der Waals surface area contributed by atoms with Gasteiger partial charge in [-0.1, -0.05) is 13.8 Å². The highest BCUT2D eigenvalue weighted by atomic mass is 16.4. The number of likely N-dealkylation sites (N-methyl/N-ethyl adjacent to an activating group) is 1. The zero-order valence-corrected chi connectivity index (χ0v) is 12.1. The Hall–Kier alpha value is -1.55. The van der Waals surface area contributed by atoms with Crippen LogP contribution in [0, 0.1) is 6.92 Å². The van der Waals surface area contributed by atoms with Gasteiger partial charge < -0.3 is 15.3 Å². The Labute approximate surface area is 115 Å². The van der Waals surface area contributed by atoms with Crippen molar-refractivity contribution < 1.29 is 9.90 Å². The minimum absolute atomic E-state index is 0.367. The van der Waals surface area contributed by atoms with Crippen LogP contribution in [0.3, 0.4) is 0 Å². The first-order valence-electron chi connectivity index (χ1n) is 6.88. The van der Waals surface area contributed by atoms with Crippen molar-refractivity contribution in [1.82, 2.24) is 4.90 Å². The Bertz CT molecular complexity index is 419. The second-order valence-corrected chi connectivity index (χ2v) is 4.70. The Balaban J connectivity index is 2.50. The molecule has 4 heteroatoms. The number of benzene rings is 1. The Morgan fingerprint density at radius 3 is 2.58 bits per heavy atom. The number of hydrogen-bond acceptors (Lipinski definition) is 3. The first-order chi connectivity index (χ1) is 9.08. The van der Waals surface area contributed by atoms with Crippen LogP contribution in [0.25, 0.3) is 0 Å². The van der Waals surface area contributed by atoms with E-state index in [0.29, 0.717) is 5.56 Å². The van der Waals surface area contributed by atoms with Gasteiger partial charge in [-0.3, -0.25) is 0 Å². The fourth-order valence-electron chi connectivity index (χ4n) is 2.12. The lowest BCUT2D eigenvalue weighted by Crippen LogP contribution is -2.29. The molecule has 0 amide bonds. The van der Waals surface area contributed by atoms with E-state index in [0.717, 1.165) is 37.4 Å². The number of nitrogens with one attached hydrogen (secondary N) is 1. The maximum Gasteiger partial charge on any atom is 0.335 e. The highest BCUT2D eigenvalue weighted by Crippen LogP contribution is 2.15. The normalized spacial score (nSPS) is 10.7. The Morgan fingerprint density at radius 1 is 1.32 bits per heavy atom. The third-order valence-corrected chi connectivity index (χ3v) is 3.20. The zero-order chi connectivity index (χ0) is 14.3. The second kappa shape index (κ2) is 7.79. The summed E-state index contributed by atoms with van der Waals surface area (Å²) < 4.78 is 0. The SMILES string of the molecule is CCCN(CC)CCNc1ccc(C(=O)O)c(C)c1. The van der Waals surface area contributed by atoms with Crippen molar-refractivity contribution in [2.75, 3.05) is 31.5 Å². The van der Waals surface area contributed by atoms with Gasteiger partial charge in [0.2, 0.25) is 0 Å². The van der Waals surface area contributed by atoms with Gasteiger partial charge in [0.15, 0.2) is 0 Å². The minimum Gasteiger partial charge on any atom is -0.478 e. The van der Waals surface area contributed by atoms with Gasteiger partial charge in [-0.15, -0.1) is 0 Å². The van der Waals surface area contributed by atoms with E-state index in [2.05, 4.69) is 24.1 Å². The van der Waals surface area contributed by atoms with Crippen molar-refractivity contribution in [2.24, 2.45) is 0 Å². The fourth-order valence-corrected chi connectivity index (χ4v) is 2.12. The predicted octanol–water partition coefficient (Wildman–Crippen LogP) is 2.84. The number of aryl methyl sites for hydroxylation is 1. The molecule has 2 N–H and O–H groups in total. The zero-order valence-electron chi connectivity index (χ0n) is 12.1. The molecule has 1 aromatic carbocycles. The molecule has 1 aromatic rings. The molecule has 0 atom stereocenters. The van der Waals surface area contributed by atoms with Gasteiger partial charge in [0.25, 0.3) is 0 Å². The summed E-state index contributed by atoms with van der Waals surface area (Å²) in [5.41, 5.74) is 2.14. The molecule has 0 bridgehead atoms. The summed E-state index contributed by atoms with van der Waals surface area (Å²) in [6.45, 7) is 10.2. The van der Waals surface area contributed by atoms with E-state index in [9.17, 15) is 4.79 Å². The standard InChI is InChI=1S/C15H24N2O2/c1-4-9-17(5-2)10-8-16-13-6-7-14(15(18)19)12(3)11-13/h6-7,11,16H,4-5,8-10H2,1-3H3,(H,18,19). The number of aromatic carboxylic acids is 1. The number of rotatable bonds is 8. The maximum atomic E-state index is 10.9. The average molecular weight is 264 g/mol. The van der Waals surface area contributed by atoms with Crippen molar-refractivity contribution >= 4 is 11.7 Å². The van der Waals surface area contributed by atoms with Crippen molar-refractivity contribution in [2.45, 2.75) is 27.2 Å². The van der Waals surface area contributed by atoms with Gasteiger partial charge in [0.1, 0.15) is 0 Å². The van der Waals surface area contributed by atoms with Crippen LogP contribution in [0.1, 0.15) is 36.2 Å². The van der Waals surface area contributed by atoms with Crippen LogP contribution in [0.5, 0.6) is 0 Å². The fraction of sp³-hybridized carbons (Fsp3) is 0.533. The monoisotopic (exact) mass is 264 g/mol. The van der Waals surface area contributed by atoms with Gasteiger partial charge in [-0.2, -0.15) is 0 Å². The summed E-state index contributed by atoms with van der Waals surface area (Å²) >= 11 is 0. The summed E-state index contributed by atoms with van der Waals surface area (Å²) in [6.07, 6.45) is 1.17. The molecular formula is C15H24N2O2. The maximum absolute atomic E-state index is 10.9. The third-order valence-electron chi connectivity index (χ3n) is 3.20. The summed E-state index contributed by atoms with van der Waals surface area (Å²) in [4.78, 5) is 13.3. The molecule has 106 valence electrons. The van der Waals surface area contributed by atoms with Crippen LogP contribution in [0.15, 0.2) is 18.2 Å². The van der Waals surface area contributed by atoms with E-state index in [1.165, 1.54) is 6.42 Å². The van der Waals surface area contributed by atoms with E-state index in [4.69, 9.17) is 5.11 Å². The van der Waals surface area contributed by atoms with Crippen LogP contribution in [-0.4, -0.2) is 42.2 Å². The quantitative estimate of drug-likeness (QED) is 0.758. The highest BCUT2D eigenvalue weighted by molar-refractivity contribution is 5.89. The largest absolute Gasteiger partial charge is 0.478 e. The topological polar surface area (TPSA) is 52.6 Å². The number of carboxylic acid groups (broad SMARTS) is 1. The molecule has 0 fully saturated rings. The summed E-state index contributed by atoms with van der Waals surface area (Å²) in [6, 6.07) is 5.37. The predicted molar refractivity (Wildman–Crippen MR) is 79.0 cm³/mol. The lowest BCUT2D eigenvalue weighted by Gasteiger charge is -2.20. The van der Waals surface area contributed by atoms with Crippen molar-refractivity contribution in [3.63, 3.8) is 0 Å². The lowest BCUT2D eigenvalue weighted by molar-refractivity contribution is 0.0696. The van der Waals surface area contributed by atoms with E-state index in [-0.39, 0.29) is 0 Å². The van der Waals surface area contributed by atoms with Crippen LogP contribution in [0.4, 0.5) is 5.69 Å². The number of carbonyl (C=O) groups is 1. The molecule has 0 aliphatic carbocycles. The molecule has 0 spiro atoms. The highest BCUT2D eigenvalue weighted by Gasteiger charge is 2.07. The minimum atomic E-state index is -0.871. The van der Waals surface area contributed by atoms with Crippen LogP contribution in [0.2, 0.25) is 0 Å². The van der Waals surface area contributed by atoms with E-state index in [1.807, 2.05) is 19.1 Å². The van der Waals surface area contributed by atoms with Gasteiger partial charge >= 0.3 is 5.97 Å². The Kier molecular flexibility index (Phi) is 6.36. The summed E-state index contributed by atoms with van der Waals surface area (Å²) in [7, 11) is 0. The second-order valence-electron chi connectivity index (χ2n) is 4.70. The van der Waals surface area contributed by atoms with E-state index in [1.54, 1.807) is 6.07 Å². The van der Waals surface area contributed by atoms with E-state index < -0.39 is 5.97 Å². The molecule has 0 aliphatic rings. The van der Waals surface area contributed by atoms with Gasteiger partial charge in [-0.25, -0.2) is 4.79 Å². The number of hydrogen-bond donors (Lipinski definition) is 2. The molecular weight excluding hydrogens is 240 g/mol. The number of carboxylic acids is 1. The first kappa shape index (κ1) is 15.5. The molecule has 4 nitrogen and oxygen atoms in total. The van der Waals surface area contributed by atoms with Gasteiger partial charge in [0.05, 0.1) is 5.56 Å². The summed E-state index contributed by atoms with van der Waals surface area (Å²) in [5, 5.41) is 12.3. The molecule has 0 aliphatic heterocycles. The molecule has 1 rings (SSSR count). The van der Waals surface area contributed by atoms with Gasteiger partial charge in [-0.05, 0) is 50.2 Å². The molecule has 0 unspecified atom stereocenters. The van der Waals surface area contributed by atoms with Crippen molar-refractivity contribution in [3.8, 4) is 0 Å².